The molecule has 15 heteroatoms. The maximum atomic E-state index is 12.8. The fourth-order valence-electron chi connectivity index (χ4n) is 6.39. The van der Waals surface area contributed by atoms with Gasteiger partial charge in [0.05, 0.1) is 20.6 Å². The molecule has 2 aromatic carbocycles. The molecule has 284 valence electrons. The molecule has 2 N–H and O–H groups in total. The summed E-state index contributed by atoms with van der Waals surface area (Å²) in [6, 6.07) is 10.5. The second-order valence-electron chi connectivity index (χ2n) is 12.9. The number of hydrogen-bond donors (Lipinski definition) is 2. The SMILES string of the molecule is COc1cc(/C=C/C(=O)CC(=O)/C=C/c2cc(CN3CCN(c4ncccn4)CC3)c(O)c(OC)c2)cc(CN2CCN(c3ncccn3)CC2)c1O.Cl. The molecule has 2 aliphatic rings. The number of carbonyl (C=O) groups excluding carboxylic acids is 2. The van der Waals surface area contributed by atoms with Crippen LogP contribution in [-0.2, 0) is 22.7 Å². The fourth-order valence-corrected chi connectivity index (χ4v) is 6.39. The molecular weight excluding hydrogens is 712 g/mol. The van der Waals surface area contributed by atoms with Crippen LogP contribution in [-0.4, -0.2) is 118 Å². The third kappa shape index (κ3) is 10.3. The molecule has 0 amide bonds. The first-order valence-electron chi connectivity index (χ1n) is 17.5. The average Bonchev–Trinajstić information content (AvgIpc) is 3.19. The lowest BCUT2D eigenvalue weighted by atomic mass is 10.0. The standard InChI is InChI=1S/C39H44N8O6.ClH/c1-52-34-23-28(21-30(36(34)50)26-44-13-17-46(18-14-44)38-40-9-3-10-41-38)5-7-32(48)25-33(49)8-6-29-22-31(37(51)35(24-29)53-2)27-45-15-19-47(20-16-45)39-42-11-4-12-43-39;/h3-12,21-24,50-51H,13-20,25-27H2,1-2H3;1H/b7-5+,8-6+;. The molecule has 6 rings (SSSR count). The summed E-state index contributed by atoms with van der Waals surface area (Å²) in [6.07, 6.45) is 12.6. The van der Waals surface area contributed by atoms with Gasteiger partial charge in [-0.05, 0) is 59.7 Å². The predicted octanol–water partition coefficient (Wildman–Crippen LogP) is 4.02. The molecule has 2 aliphatic heterocycles. The Kier molecular flexibility index (Phi) is 13.9. The minimum Gasteiger partial charge on any atom is -0.504 e. The van der Waals surface area contributed by atoms with Crippen molar-refractivity contribution in [3.8, 4) is 23.0 Å². The number of benzene rings is 2. The fraction of sp³-hybridized carbons (Fsp3) is 0.333. The van der Waals surface area contributed by atoms with E-state index >= 15 is 0 Å². The van der Waals surface area contributed by atoms with E-state index in [-0.39, 0.29) is 41.9 Å². The van der Waals surface area contributed by atoms with Crippen molar-refractivity contribution in [2.75, 3.05) is 76.4 Å². The Bertz CT molecular complexity index is 1790. The minimum absolute atomic E-state index is 0. The van der Waals surface area contributed by atoms with E-state index in [1.54, 1.807) is 61.2 Å². The highest BCUT2D eigenvalue weighted by atomic mass is 35.5. The van der Waals surface area contributed by atoms with Crippen molar-refractivity contribution >= 4 is 48.0 Å². The Labute approximate surface area is 320 Å². The van der Waals surface area contributed by atoms with E-state index in [2.05, 4.69) is 39.5 Å². The number of ketones is 2. The number of hydrogen-bond acceptors (Lipinski definition) is 14. The van der Waals surface area contributed by atoms with Crippen LogP contribution in [0.2, 0.25) is 0 Å². The summed E-state index contributed by atoms with van der Waals surface area (Å²) in [5, 5.41) is 21.7. The topological polar surface area (TPSA) is 158 Å². The largest absolute Gasteiger partial charge is 0.504 e. The van der Waals surface area contributed by atoms with Crippen LogP contribution < -0.4 is 19.3 Å². The van der Waals surface area contributed by atoms with Crippen LogP contribution in [0.25, 0.3) is 12.2 Å². The van der Waals surface area contributed by atoms with E-state index in [1.807, 2.05) is 12.1 Å². The lowest BCUT2D eigenvalue weighted by Gasteiger charge is -2.34. The van der Waals surface area contributed by atoms with Gasteiger partial charge >= 0.3 is 0 Å². The molecule has 4 heterocycles. The van der Waals surface area contributed by atoms with Gasteiger partial charge < -0.3 is 29.5 Å². The third-order valence-corrected chi connectivity index (χ3v) is 9.27. The number of rotatable bonds is 14. The molecule has 0 saturated carbocycles. The Balaban J connectivity index is 0.00000561. The first-order chi connectivity index (χ1) is 25.8. The summed E-state index contributed by atoms with van der Waals surface area (Å²) in [5.41, 5.74) is 2.68. The van der Waals surface area contributed by atoms with Gasteiger partial charge in [0.15, 0.2) is 34.6 Å². The molecule has 0 spiro atoms. The Morgan fingerprint density at radius 1 is 0.630 bits per heavy atom. The lowest BCUT2D eigenvalue weighted by Crippen LogP contribution is -2.46. The number of carbonyl (C=O) groups is 2. The number of nitrogens with zero attached hydrogens (tertiary/aromatic N) is 8. The summed E-state index contributed by atoms with van der Waals surface area (Å²) in [5.74, 6) is 1.39. The van der Waals surface area contributed by atoms with Crippen molar-refractivity contribution in [2.45, 2.75) is 19.5 Å². The van der Waals surface area contributed by atoms with Gasteiger partial charge in [-0.25, -0.2) is 19.9 Å². The average molecular weight is 757 g/mol. The van der Waals surface area contributed by atoms with Crippen molar-refractivity contribution in [3.05, 3.63) is 95.6 Å². The molecule has 2 aromatic heterocycles. The monoisotopic (exact) mass is 756 g/mol. The number of halogens is 1. The molecular formula is C39H45ClN8O6. The molecule has 2 fully saturated rings. The van der Waals surface area contributed by atoms with Gasteiger partial charge in [0, 0.05) is 101 Å². The van der Waals surface area contributed by atoms with Gasteiger partial charge in [-0.3, -0.25) is 19.4 Å². The summed E-state index contributed by atoms with van der Waals surface area (Å²) in [4.78, 5) is 51.7. The Morgan fingerprint density at radius 3 is 1.35 bits per heavy atom. The number of aromatic hydroxyl groups is 2. The van der Waals surface area contributed by atoms with Crippen LogP contribution in [0.5, 0.6) is 23.0 Å². The highest BCUT2D eigenvalue weighted by molar-refractivity contribution is 6.10. The van der Waals surface area contributed by atoms with Crippen molar-refractivity contribution in [1.29, 1.82) is 0 Å². The van der Waals surface area contributed by atoms with Gasteiger partial charge in [-0.15, -0.1) is 12.4 Å². The van der Waals surface area contributed by atoms with Crippen LogP contribution in [0.3, 0.4) is 0 Å². The second kappa shape index (κ2) is 19.0. The van der Waals surface area contributed by atoms with Crippen molar-refractivity contribution < 1.29 is 29.3 Å². The maximum absolute atomic E-state index is 12.8. The summed E-state index contributed by atoms with van der Waals surface area (Å²) >= 11 is 0. The normalized spacial score (nSPS) is 15.4. The van der Waals surface area contributed by atoms with E-state index in [9.17, 15) is 19.8 Å². The highest BCUT2D eigenvalue weighted by Gasteiger charge is 2.22. The van der Waals surface area contributed by atoms with Crippen LogP contribution in [0, 0.1) is 0 Å². The number of allylic oxidation sites excluding steroid dienone is 2. The molecule has 0 atom stereocenters. The highest BCUT2D eigenvalue weighted by Crippen LogP contribution is 2.34. The summed E-state index contributed by atoms with van der Waals surface area (Å²) in [6.45, 7) is 7.04. The smallest absolute Gasteiger partial charge is 0.225 e. The molecule has 2 saturated heterocycles. The Morgan fingerprint density at radius 2 is 1.00 bits per heavy atom. The number of aromatic nitrogens is 4. The summed E-state index contributed by atoms with van der Waals surface area (Å²) in [7, 11) is 2.97. The van der Waals surface area contributed by atoms with E-state index in [1.165, 1.54) is 26.4 Å². The van der Waals surface area contributed by atoms with Crippen LogP contribution in [0.1, 0.15) is 28.7 Å². The van der Waals surface area contributed by atoms with E-state index in [0.29, 0.717) is 58.7 Å². The van der Waals surface area contributed by atoms with Crippen molar-refractivity contribution in [1.82, 2.24) is 29.7 Å². The first-order valence-corrected chi connectivity index (χ1v) is 17.5. The molecule has 54 heavy (non-hydrogen) atoms. The van der Waals surface area contributed by atoms with Crippen LogP contribution >= 0.6 is 12.4 Å². The number of ether oxygens (including phenoxy) is 2. The predicted molar refractivity (Wildman–Crippen MR) is 208 cm³/mol. The zero-order valence-corrected chi connectivity index (χ0v) is 31.2. The molecule has 0 bridgehead atoms. The molecule has 4 aromatic rings. The minimum atomic E-state index is -0.364. The van der Waals surface area contributed by atoms with E-state index in [4.69, 9.17) is 9.47 Å². The van der Waals surface area contributed by atoms with Gasteiger partial charge in [0.25, 0.3) is 0 Å². The maximum Gasteiger partial charge on any atom is 0.225 e. The number of methoxy groups -OCH3 is 2. The summed E-state index contributed by atoms with van der Waals surface area (Å²) < 4.78 is 10.8. The quantitative estimate of drug-likeness (QED) is 0.140. The van der Waals surface area contributed by atoms with Gasteiger partial charge in [-0.2, -0.15) is 0 Å². The number of phenolic OH excluding ortho intramolecular Hbond substituents is 2. The Hall–Kier alpha value is -5.57. The van der Waals surface area contributed by atoms with Gasteiger partial charge in [0.1, 0.15) is 0 Å². The second-order valence-corrected chi connectivity index (χ2v) is 12.9. The van der Waals surface area contributed by atoms with Gasteiger partial charge in [-0.1, -0.05) is 12.2 Å². The molecule has 0 aliphatic carbocycles. The first kappa shape index (κ1) is 39.6. The van der Waals surface area contributed by atoms with Crippen LogP contribution in [0.15, 0.2) is 73.3 Å². The number of phenols is 2. The van der Waals surface area contributed by atoms with Crippen LogP contribution in [0.4, 0.5) is 11.9 Å². The zero-order chi connectivity index (χ0) is 37.2. The lowest BCUT2D eigenvalue weighted by molar-refractivity contribution is -0.121. The van der Waals surface area contributed by atoms with Gasteiger partial charge in [0.2, 0.25) is 11.9 Å². The zero-order valence-electron chi connectivity index (χ0n) is 30.4. The van der Waals surface area contributed by atoms with E-state index in [0.717, 1.165) is 52.4 Å². The molecule has 14 nitrogen and oxygen atoms in total. The molecule has 0 unspecified atom stereocenters. The van der Waals surface area contributed by atoms with Crippen molar-refractivity contribution in [3.63, 3.8) is 0 Å². The van der Waals surface area contributed by atoms with Crippen molar-refractivity contribution in [2.24, 2.45) is 0 Å². The van der Waals surface area contributed by atoms with E-state index < -0.39 is 0 Å². The number of piperazine rings is 2. The number of anilines is 2. The third-order valence-electron chi connectivity index (χ3n) is 9.27. The molecule has 0 radical (unpaired) electrons.